The molecule has 2 rings (SSSR count). The molecule has 0 aliphatic heterocycles. The van der Waals surface area contributed by atoms with Crippen LogP contribution in [0.4, 0.5) is 0 Å². The molecule has 0 radical (unpaired) electrons. The quantitative estimate of drug-likeness (QED) is 0.478. The fraction of sp³-hybridized carbons (Fsp3) is 0.520. The maximum atomic E-state index is 6.81. The molecule has 2 aromatic carbocycles. The van der Waals surface area contributed by atoms with Gasteiger partial charge in [-0.05, 0) is 60.9 Å². The van der Waals surface area contributed by atoms with E-state index in [1.54, 1.807) is 0 Å². The van der Waals surface area contributed by atoms with Crippen LogP contribution in [0.2, 0.25) is 0 Å². The van der Waals surface area contributed by atoms with Crippen molar-refractivity contribution in [2.45, 2.75) is 72.3 Å². The summed E-state index contributed by atoms with van der Waals surface area (Å²) in [4.78, 5) is 0. The predicted octanol–water partition coefficient (Wildman–Crippen LogP) is 7.29. The molecule has 2 unspecified atom stereocenters. The van der Waals surface area contributed by atoms with E-state index >= 15 is 0 Å². The third-order valence-corrected chi connectivity index (χ3v) is 5.82. The van der Waals surface area contributed by atoms with Gasteiger partial charge in [0.05, 0.1) is 0 Å². The molecule has 0 aliphatic carbocycles. The highest BCUT2D eigenvalue weighted by Crippen LogP contribution is 2.42. The van der Waals surface area contributed by atoms with Gasteiger partial charge in [-0.1, -0.05) is 77.3 Å². The van der Waals surface area contributed by atoms with Gasteiger partial charge in [-0.25, -0.2) is 0 Å². The molecule has 0 bridgehead atoms. The Kier molecular flexibility index (Phi) is 7.49. The minimum Gasteiger partial charge on any atom is -0.457 e. The number of rotatable bonds is 10. The van der Waals surface area contributed by atoms with Crippen LogP contribution < -0.4 is 10.5 Å². The molecule has 0 amide bonds. The second kappa shape index (κ2) is 9.41. The third kappa shape index (κ3) is 6.10. The van der Waals surface area contributed by atoms with Crippen molar-refractivity contribution in [3.05, 3.63) is 60.2 Å². The molecule has 0 fully saturated rings. The molecule has 0 saturated heterocycles. The SMILES string of the molecule is CCCCC(CC)C(C)(C)CC(C)(N)c1ccc(Oc2ccccc2)cc1. The number of ether oxygens (including phenoxy) is 1. The normalized spacial score (nSPS) is 15.2. The monoisotopic (exact) mass is 367 g/mol. The molecule has 2 N–H and O–H groups in total. The zero-order valence-electron chi connectivity index (χ0n) is 17.8. The van der Waals surface area contributed by atoms with Crippen molar-refractivity contribution in [1.82, 2.24) is 0 Å². The minimum atomic E-state index is -0.353. The summed E-state index contributed by atoms with van der Waals surface area (Å²) in [7, 11) is 0. The Labute approximate surface area is 166 Å². The zero-order chi connectivity index (χ0) is 19.9. The van der Waals surface area contributed by atoms with Crippen molar-refractivity contribution in [1.29, 1.82) is 0 Å². The summed E-state index contributed by atoms with van der Waals surface area (Å²) in [5, 5.41) is 0. The number of nitrogens with two attached hydrogens (primary N) is 1. The standard InChI is InChI=1S/C25H37NO/c1-6-8-12-20(7-2)24(3,4)19-25(5,26)21-15-17-23(18-16-21)27-22-13-10-9-11-14-22/h9-11,13-18,20H,6-8,12,19,26H2,1-5H3. The van der Waals surface area contributed by atoms with Crippen LogP contribution in [0.1, 0.15) is 72.3 Å². The smallest absolute Gasteiger partial charge is 0.127 e. The second-order valence-electron chi connectivity index (χ2n) is 8.77. The van der Waals surface area contributed by atoms with E-state index < -0.39 is 0 Å². The number of para-hydroxylation sites is 1. The molecule has 2 aromatic rings. The highest BCUT2D eigenvalue weighted by atomic mass is 16.5. The van der Waals surface area contributed by atoms with Gasteiger partial charge in [-0.2, -0.15) is 0 Å². The average molecular weight is 368 g/mol. The van der Waals surface area contributed by atoms with Gasteiger partial charge in [0.1, 0.15) is 11.5 Å². The maximum absolute atomic E-state index is 6.81. The Morgan fingerprint density at radius 2 is 1.48 bits per heavy atom. The van der Waals surface area contributed by atoms with Crippen molar-refractivity contribution >= 4 is 0 Å². The zero-order valence-corrected chi connectivity index (χ0v) is 17.8. The lowest BCUT2D eigenvalue weighted by atomic mass is 9.67. The van der Waals surface area contributed by atoms with E-state index in [2.05, 4.69) is 46.8 Å². The van der Waals surface area contributed by atoms with E-state index in [1.165, 1.54) is 31.2 Å². The summed E-state index contributed by atoms with van der Waals surface area (Å²) in [6.45, 7) is 11.5. The predicted molar refractivity (Wildman–Crippen MR) is 116 cm³/mol. The summed E-state index contributed by atoms with van der Waals surface area (Å²) in [5.41, 5.74) is 7.84. The molecule has 2 atom stereocenters. The van der Waals surface area contributed by atoms with Gasteiger partial charge in [0.2, 0.25) is 0 Å². The Bertz CT molecular complexity index is 673. The van der Waals surface area contributed by atoms with E-state index in [9.17, 15) is 0 Å². The molecule has 27 heavy (non-hydrogen) atoms. The Morgan fingerprint density at radius 3 is 2.04 bits per heavy atom. The Hall–Kier alpha value is -1.80. The van der Waals surface area contributed by atoms with E-state index in [0.717, 1.165) is 17.9 Å². The summed E-state index contributed by atoms with van der Waals surface area (Å²) in [6, 6.07) is 18.1. The van der Waals surface area contributed by atoms with E-state index in [4.69, 9.17) is 10.5 Å². The van der Waals surface area contributed by atoms with Crippen molar-refractivity contribution in [2.75, 3.05) is 0 Å². The van der Waals surface area contributed by atoms with Gasteiger partial charge in [0, 0.05) is 5.54 Å². The van der Waals surface area contributed by atoms with Crippen LogP contribution in [-0.2, 0) is 5.54 Å². The first-order valence-electron chi connectivity index (χ1n) is 10.4. The van der Waals surface area contributed by atoms with Crippen molar-refractivity contribution in [3.8, 4) is 11.5 Å². The Balaban J connectivity index is 2.08. The molecule has 0 aliphatic rings. The highest BCUT2D eigenvalue weighted by Gasteiger charge is 2.35. The lowest BCUT2D eigenvalue weighted by molar-refractivity contribution is 0.135. The molecule has 2 heteroatoms. The van der Waals surface area contributed by atoms with Gasteiger partial charge < -0.3 is 10.5 Å². The molecule has 148 valence electrons. The van der Waals surface area contributed by atoms with E-state index in [-0.39, 0.29) is 11.0 Å². The number of unbranched alkanes of at least 4 members (excludes halogenated alkanes) is 1. The van der Waals surface area contributed by atoms with Gasteiger partial charge in [-0.15, -0.1) is 0 Å². The van der Waals surface area contributed by atoms with Gasteiger partial charge in [0.25, 0.3) is 0 Å². The van der Waals surface area contributed by atoms with Gasteiger partial charge in [-0.3, -0.25) is 0 Å². The van der Waals surface area contributed by atoms with E-state index in [0.29, 0.717) is 5.92 Å². The first kappa shape index (κ1) is 21.5. The van der Waals surface area contributed by atoms with Crippen LogP contribution in [0.25, 0.3) is 0 Å². The van der Waals surface area contributed by atoms with Crippen molar-refractivity contribution < 1.29 is 4.74 Å². The maximum Gasteiger partial charge on any atom is 0.127 e. The third-order valence-electron chi connectivity index (χ3n) is 5.82. The fourth-order valence-electron chi connectivity index (χ4n) is 4.32. The van der Waals surface area contributed by atoms with Crippen LogP contribution in [0.3, 0.4) is 0 Å². The van der Waals surface area contributed by atoms with Crippen LogP contribution in [0.15, 0.2) is 54.6 Å². The van der Waals surface area contributed by atoms with Crippen molar-refractivity contribution in [3.63, 3.8) is 0 Å². The van der Waals surface area contributed by atoms with Crippen LogP contribution in [0.5, 0.6) is 11.5 Å². The van der Waals surface area contributed by atoms with Crippen LogP contribution in [0, 0.1) is 11.3 Å². The second-order valence-corrected chi connectivity index (χ2v) is 8.77. The highest BCUT2D eigenvalue weighted by molar-refractivity contribution is 5.35. The molecule has 0 spiro atoms. The first-order valence-corrected chi connectivity index (χ1v) is 10.4. The summed E-state index contributed by atoms with van der Waals surface area (Å²) in [5.74, 6) is 2.40. The lowest BCUT2D eigenvalue weighted by Crippen LogP contribution is -2.40. The lowest BCUT2D eigenvalue weighted by Gasteiger charge is -2.40. The van der Waals surface area contributed by atoms with Gasteiger partial charge in [0.15, 0.2) is 0 Å². The summed E-state index contributed by atoms with van der Waals surface area (Å²) >= 11 is 0. The summed E-state index contributed by atoms with van der Waals surface area (Å²) in [6.07, 6.45) is 6.04. The number of hydrogen-bond donors (Lipinski definition) is 1. The topological polar surface area (TPSA) is 35.2 Å². The molecule has 0 heterocycles. The van der Waals surface area contributed by atoms with Crippen LogP contribution >= 0.6 is 0 Å². The van der Waals surface area contributed by atoms with Crippen LogP contribution in [-0.4, -0.2) is 0 Å². The molecule has 0 saturated carbocycles. The Morgan fingerprint density at radius 1 is 0.889 bits per heavy atom. The largest absolute Gasteiger partial charge is 0.457 e. The molecular weight excluding hydrogens is 330 g/mol. The fourth-order valence-corrected chi connectivity index (χ4v) is 4.32. The van der Waals surface area contributed by atoms with E-state index in [1.807, 2.05) is 42.5 Å². The van der Waals surface area contributed by atoms with Crippen molar-refractivity contribution in [2.24, 2.45) is 17.1 Å². The summed E-state index contributed by atoms with van der Waals surface area (Å²) < 4.78 is 5.91. The molecular formula is C25H37NO. The number of benzene rings is 2. The van der Waals surface area contributed by atoms with Gasteiger partial charge >= 0.3 is 0 Å². The molecule has 0 aromatic heterocycles. The average Bonchev–Trinajstić information content (AvgIpc) is 2.62. The number of hydrogen-bond acceptors (Lipinski definition) is 2. The molecule has 2 nitrogen and oxygen atoms in total. The first-order chi connectivity index (χ1) is 12.8. The minimum absolute atomic E-state index is 0.215.